The van der Waals surface area contributed by atoms with Crippen molar-refractivity contribution in [2.45, 2.75) is 0 Å². The van der Waals surface area contributed by atoms with Gasteiger partial charge < -0.3 is 10.5 Å². The molecule has 15 heavy (non-hydrogen) atoms. The van der Waals surface area contributed by atoms with Gasteiger partial charge in [-0.2, -0.15) is 0 Å². The Bertz CT molecular complexity index is 484. The number of nitrogen functional groups attached to an aromatic ring is 1. The zero-order chi connectivity index (χ0) is 10.8. The standard InChI is InChI=1S/C10H9FN2OS/c1-14-8-3-2-6(4-7(8)11)9-10(12)13-5-15-9/h2-5H,12H2,1H3. The molecule has 5 heteroatoms. The molecule has 0 spiro atoms. The van der Waals surface area contributed by atoms with Gasteiger partial charge in [-0.1, -0.05) is 0 Å². The number of nitrogens with two attached hydrogens (primary N) is 1. The highest BCUT2D eigenvalue weighted by Gasteiger charge is 2.09. The van der Waals surface area contributed by atoms with Gasteiger partial charge in [0.1, 0.15) is 5.82 Å². The zero-order valence-corrected chi connectivity index (χ0v) is 8.84. The molecule has 0 bridgehead atoms. The molecule has 0 radical (unpaired) electrons. The molecule has 1 heterocycles. The minimum absolute atomic E-state index is 0.224. The van der Waals surface area contributed by atoms with Gasteiger partial charge in [-0.25, -0.2) is 9.37 Å². The predicted octanol–water partition coefficient (Wildman–Crippen LogP) is 2.54. The fraction of sp³-hybridized carbons (Fsp3) is 0.100. The van der Waals surface area contributed by atoms with E-state index in [9.17, 15) is 4.39 Å². The Morgan fingerprint density at radius 1 is 1.47 bits per heavy atom. The third-order valence-electron chi connectivity index (χ3n) is 2.01. The fourth-order valence-corrected chi connectivity index (χ4v) is 1.99. The van der Waals surface area contributed by atoms with Crippen LogP contribution in [0.25, 0.3) is 10.4 Å². The van der Waals surface area contributed by atoms with E-state index in [1.54, 1.807) is 17.6 Å². The van der Waals surface area contributed by atoms with Crippen molar-refractivity contribution in [2.24, 2.45) is 0 Å². The van der Waals surface area contributed by atoms with Gasteiger partial charge in [-0.3, -0.25) is 0 Å². The van der Waals surface area contributed by atoms with Crippen LogP contribution >= 0.6 is 11.3 Å². The SMILES string of the molecule is COc1ccc(-c2scnc2N)cc1F. The van der Waals surface area contributed by atoms with Crippen LogP contribution in [0.15, 0.2) is 23.7 Å². The molecule has 0 amide bonds. The first-order chi connectivity index (χ1) is 7.22. The lowest BCUT2D eigenvalue weighted by Gasteiger charge is -2.03. The van der Waals surface area contributed by atoms with E-state index in [0.29, 0.717) is 11.4 Å². The third-order valence-corrected chi connectivity index (χ3v) is 2.90. The number of nitrogens with zero attached hydrogens (tertiary/aromatic N) is 1. The van der Waals surface area contributed by atoms with Crippen molar-refractivity contribution in [2.75, 3.05) is 12.8 Å². The average molecular weight is 224 g/mol. The van der Waals surface area contributed by atoms with Gasteiger partial charge in [0.25, 0.3) is 0 Å². The van der Waals surface area contributed by atoms with Crippen molar-refractivity contribution < 1.29 is 9.13 Å². The molecule has 2 N–H and O–H groups in total. The van der Waals surface area contributed by atoms with Crippen LogP contribution in [0, 0.1) is 5.82 Å². The van der Waals surface area contributed by atoms with Gasteiger partial charge in [0, 0.05) is 0 Å². The summed E-state index contributed by atoms with van der Waals surface area (Å²) >= 11 is 1.38. The maximum Gasteiger partial charge on any atom is 0.165 e. The molecular weight excluding hydrogens is 215 g/mol. The largest absolute Gasteiger partial charge is 0.494 e. The van der Waals surface area contributed by atoms with Gasteiger partial charge in [0.05, 0.1) is 17.5 Å². The minimum Gasteiger partial charge on any atom is -0.494 e. The number of anilines is 1. The molecule has 0 aliphatic carbocycles. The maximum atomic E-state index is 13.4. The fourth-order valence-electron chi connectivity index (χ4n) is 1.28. The highest BCUT2D eigenvalue weighted by atomic mass is 32.1. The van der Waals surface area contributed by atoms with Gasteiger partial charge in [-0.05, 0) is 23.8 Å². The van der Waals surface area contributed by atoms with Gasteiger partial charge >= 0.3 is 0 Å². The Morgan fingerprint density at radius 3 is 2.80 bits per heavy atom. The van der Waals surface area contributed by atoms with Crippen LogP contribution in [0.3, 0.4) is 0 Å². The molecule has 1 aromatic heterocycles. The first-order valence-electron chi connectivity index (χ1n) is 4.25. The van der Waals surface area contributed by atoms with Crippen molar-refractivity contribution in [3.63, 3.8) is 0 Å². The summed E-state index contributed by atoms with van der Waals surface area (Å²) in [7, 11) is 1.43. The van der Waals surface area contributed by atoms with Crippen LogP contribution in [0.4, 0.5) is 10.2 Å². The Morgan fingerprint density at radius 2 is 2.27 bits per heavy atom. The van der Waals surface area contributed by atoms with Gasteiger partial charge in [0.2, 0.25) is 0 Å². The quantitative estimate of drug-likeness (QED) is 0.852. The summed E-state index contributed by atoms with van der Waals surface area (Å²) in [6.07, 6.45) is 0. The summed E-state index contributed by atoms with van der Waals surface area (Å²) < 4.78 is 18.2. The molecule has 3 nitrogen and oxygen atoms in total. The summed E-state index contributed by atoms with van der Waals surface area (Å²) in [5.41, 5.74) is 7.99. The predicted molar refractivity (Wildman–Crippen MR) is 58.5 cm³/mol. The monoisotopic (exact) mass is 224 g/mol. The number of benzene rings is 1. The molecule has 2 aromatic rings. The maximum absolute atomic E-state index is 13.4. The first-order valence-corrected chi connectivity index (χ1v) is 5.13. The van der Waals surface area contributed by atoms with Crippen molar-refractivity contribution in [1.29, 1.82) is 0 Å². The Balaban J connectivity index is 2.47. The molecule has 0 unspecified atom stereocenters. The average Bonchev–Trinajstić information content (AvgIpc) is 2.64. The molecule has 0 aliphatic rings. The lowest BCUT2D eigenvalue weighted by molar-refractivity contribution is 0.386. The second-order valence-electron chi connectivity index (χ2n) is 2.92. The Kier molecular flexibility index (Phi) is 2.55. The number of methoxy groups -OCH3 is 1. The molecular formula is C10H9FN2OS. The zero-order valence-electron chi connectivity index (χ0n) is 8.03. The molecule has 78 valence electrons. The number of aromatic nitrogens is 1. The molecule has 0 saturated heterocycles. The van der Waals surface area contributed by atoms with Crippen LogP contribution in [0.1, 0.15) is 0 Å². The van der Waals surface area contributed by atoms with Gasteiger partial charge in [0.15, 0.2) is 11.6 Å². The number of hydrogen-bond donors (Lipinski definition) is 1. The van der Waals surface area contributed by atoms with E-state index in [-0.39, 0.29) is 5.75 Å². The second kappa shape index (κ2) is 3.86. The van der Waals surface area contributed by atoms with Crippen LogP contribution < -0.4 is 10.5 Å². The third kappa shape index (κ3) is 1.78. The van der Waals surface area contributed by atoms with Crippen molar-refractivity contribution in [3.05, 3.63) is 29.5 Å². The van der Waals surface area contributed by atoms with Crippen LogP contribution in [0.5, 0.6) is 5.75 Å². The van der Waals surface area contributed by atoms with E-state index in [2.05, 4.69) is 4.98 Å². The Hall–Kier alpha value is -1.62. The second-order valence-corrected chi connectivity index (χ2v) is 3.77. The minimum atomic E-state index is -0.400. The van der Waals surface area contributed by atoms with Crippen molar-refractivity contribution in [3.8, 4) is 16.2 Å². The molecule has 2 rings (SSSR count). The molecule has 0 saturated carbocycles. The number of thiazole rings is 1. The van der Waals surface area contributed by atoms with Crippen LogP contribution in [0.2, 0.25) is 0 Å². The normalized spacial score (nSPS) is 10.3. The summed E-state index contributed by atoms with van der Waals surface area (Å²) in [6, 6.07) is 4.72. The van der Waals surface area contributed by atoms with E-state index in [0.717, 1.165) is 4.88 Å². The van der Waals surface area contributed by atoms with Gasteiger partial charge in [-0.15, -0.1) is 11.3 Å². The molecule has 1 aromatic carbocycles. The number of rotatable bonds is 2. The van der Waals surface area contributed by atoms with E-state index in [1.165, 1.54) is 24.5 Å². The first kappa shape index (κ1) is 9.92. The summed E-state index contributed by atoms with van der Waals surface area (Å²) in [5.74, 6) is 0.245. The van der Waals surface area contributed by atoms with Crippen molar-refractivity contribution >= 4 is 17.2 Å². The smallest absolute Gasteiger partial charge is 0.165 e. The molecule has 0 aliphatic heterocycles. The summed E-state index contributed by atoms with van der Waals surface area (Å²) in [6.45, 7) is 0. The number of halogens is 1. The van der Waals surface area contributed by atoms with E-state index >= 15 is 0 Å². The van der Waals surface area contributed by atoms with E-state index in [4.69, 9.17) is 10.5 Å². The topological polar surface area (TPSA) is 48.1 Å². The molecule has 0 atom stereocenters. The van der Waals surface area contributed by atoms with E-state index < -0.39 is 5.82 Å². The highest BCUT2D eigenvalue weighted by Crippen LogP contribution is 2.31. The molecule has 0 fully saturated rings. The summed E-state index contributed by atoms with van der Waals surface area (Å²) in [4.78, 5) is 4.68. The highest BCUT2D eigenvalue weighted by molar-refractivity contribution is 7.13. The van der Waals surface area contributed by atoms with E-state index in [1.807, 2.05) is 0 Å². The number of ether oxygens (including phenoxy) is 1. The Labute approximate surface area is 90.3 Å². The van der Waals surface area contributed by atoms with Crippen molar-refractivity contribution in [1.82, 2.24) is 4.98 Å². The lowest BCUT2D eigenvalue weighted by Crippen LogP contribution is -1.90. The number of hydrogen-bond acceptors (Lipinski definition) is 4. The lowest BCUT2D eigenvalue weighted by atomic mass is 10.2. The summed E-state index contributed by atoms with van der Waals surface area (Å²) in [5, 5.41) is 0. The van der Waals surface area contributed by atoms with Crippen LogP contribution in [-0.4, -0.2) is 12.1 Å². The van der Waals surface area contributed by atoms with Crippen LogP contribution in [-0.2, 0) is 0 Å².